The number of likely N-dealkylation sites (tertiary alicyclic amines) is 1. The standard InChI is InChI=1S/C21H27N3O2/c1-3-23(4-2)21(26)19-13-17(22)14-24(19)20(25)12-16-10-7-9-15-8-5-6-11-18(15)16/h5-11,17,19H,3-4,12-14,22H2,1-2H3/t17-,19+/m1/s1. The average Bonchev–Trinajstić information content (AvgIpc) is 3.05. The molecule has 1 heterocycles. The van der Waals surface area contributed by atoms with Gasteiger partial charge in [-0.15, -0.1) is 0 Å². The number of carbonyl (C=O) groups excluding carboxylic acids is 2. The Hall–Kier alpha value is -2.40. The summed E-state index contributed by atoms with van der Waals surface area (Å²) in [5.41, 5.74) is 7.08. The third-order valence-corrected chi connectivity index (χ3v) is 5.24. The topological polar surface area (TPSA) is 66.6 Å². The number of hydrogen-bond acceptors (Lipinski definition) is 3. The molecule has 0 bridgehead atoms. The fraction of sp³-hybridized carbons (Fsp3) is 0.429. The lowest BCUT2D eigenvalue weighted by atomic mass is 10.0. The lowest BCUT2D eigenvalue weighted by molar-refractivity contribution is -0.143. The van der Waals surface area contributed by atoms with Crippen LogP contribution in [0.3, 0.4) is 0 Å². The van der Waals surface area contributed by atoms with Gasteiger partial charge in [0.1, 0.15) is 6.04 Å². The van der Waals surface area contributed by atoms with Crippen LogP contribution in [-0.2, 0) is 16.0 Å². The zero-order chi connectivity index (χ0) is 18.7. The lowest BCUT2D eigenvalue weighted by Gasteiger charge is -2.29. The van der Waals surface area contributed by atoms with E-state index in [1.54, 1.807) is 9.80 Å². The van der Waals surface area contributed by atoms with Gasteiger partial charge in [0.15, 0.2) is 0 Å². The monoisotopic (exact) mass is 353 g/mol. The Labute approximate surface area is 154 Å². The van der Waals surface area contributed by atoms with Crippen molar-refractivity contribution in [1.82, 2.24) is 9.80 Å². The SMILES string of the molecule is CCN(CC)C(=O)[C@@H]1C[C@@H](N)CN1C(=O)Cc1cccc2ccccc12. The summed E-state index contributed by atoms with van der Waals surface area (Å²) in [6.07, 6.45) is 0.826. The van der Waals surface area contributed by atoms with Crippen molar-refractivity contribution in [2.24, 2.45) is 5.73 Å². The van der Waals surface area contributed by atoms with Crippen molar-refractivity contribution in [3.8, 4) is 0 Å². The lowest BCUT2D eigenvalue weighted by Crippen LogP contribution is -2.48. The molecule has 1 aliphatic rings. The molecule has 0 spiro atoms. The first-order valence-electron chi connectivity index (χ1n) is 9.35. The van der Waals surface area contributed by atoms with Crippen LogP contribution in [0.4, 0.5) is 0 Å². The van der Waals surface area contributed by atoms with Gasteiger partial charge in [0.05, 0.1) is 6.42 Å². The zero-order valence-corrected chi connectivity index (χ0v) is 15.5. The molecule has 0 aromatic heterocycles. The van der Waals surface area contributed by atoms with E-state index in [1.807, 2.05) is 56.3 Å². The molecule has 0 radical (unpaired) electrons. The van der Waals surface area contributed by atoms with Crippen molar-refractivity contribution in [2.75, 3.05) is 19.6 Å². The maximum atomic E-state index is 13.0. The quantitative estimate of drug-likeness (QED) is 0.896. The first-order chi connectivity index (χ1) is 12.5. The molecule has 1 fully saturated rings. The molecule has 1 aliphatic heterocycles. The summed E-state index contributed by atoms with van der Waals surface area (Å²) in [6.45, 7) is 5.65. The van der Waals surface area contributed by atoms with Gasteiger partial charge in [-0.2, -0.15) is 0 Å². The molecule has 2 N–H and O–H groups in total. The molecule has 2 aromatic carbocycles. The number of rotatable bonds is 5. The number of nitrogens with two attached hydrogens (primary N) is 1. The predicted molar refractivity (Wildman–Crippen MR) is 104 cm³/mol. The fourth-order valence-corrected chi connectivity index (χ4v) is 3.84. The molecule has 26 heavy (non-hydrogen) atoms. The van der Waals surface area contributed by atoms with Gasteiger partial charge in [0.25, 0.3) is 0 Å². The largest absolute Gasteiger partial charge is 0.341 e. The van der Waals surface area contributed by atoms with E-state index in [1.165, 1.54) is 0 Å². The minimum atomic E-state index is -0.438. The second kappa shape index (κ2) is 7.87. The van der Waals surface area contributed by atoms with Crippen LogP contribution in [0.1, 0.15) is 25.8 Å². The van der Waals surface area contributed by atoms with Gasteiger partial charge in [0.2, 0.25) is 11.8 Å². The third-order valence-electron chi connectivity index (χ3n) is 5.24. The highest BCUT2D eigenvalue weighted by molar-refractivity contribution is 5.93. The van der Waals surface area contributed by atoms with Crippen LogP contribution in [0.5, 0.6) is 0 Å². The number of fused-ring (bicyclic) bond motifs is 1. The number of hydrogen-bond donors (Lipinski definition) is 1. The van der Waals surface area contributed by atoms with Gasteiger partial charge in [-0.3, -0.25) is 9.59 Å². The maximum absolute atomic E-state index is 13.0. The highest BCUT2D eigenvalue weighted by Gasteiger charge is 2.39. The maximum Gasteiger partial charge on any atom is 0.245 e. The molecule has 138 valence electrons. The molecule has 0 saturated carbocycles. The third kappa shape index (κ3) is 3.58. The number of carbonyl (C=O) groups is 2. The van der Waals surface area contributed by atoms with Crippen LogP contribution in [-0.4, -0.2) is 53.3 Å². The number of benzene rings is 2. The Bertz CT molecular complexity index is 795. The Morgan fingerprint density at radius 1 is 1.12 bits per heavy atom. The molecule has 2 atom stereocenters. The highest BCUT2D eigenvalue weighted by Crippen LogP contribution is 2.23. The Morgan fingerprint density at radius 3 is 2.54 bits per heavy atom. The minimum Gasteiger partial charge on any atom is -0.341 e. The van der Waals surface area contributed by atoms with Crippen LogP contribution < -0.4 is 5.73 Å². The summed E-state index contributed by atoms with van der Waals surface area (Å²) in [5.74, 6) is -0.0194. The molecule has 2 aromatic rings. The van der Waals surface area contributed by atoms with Crippen molar-refractivity contribution < 1.29 is 9.59 Å². The van der Waals surface area contributed by atoms with E-state index in [-0.39, 0.29) is 24.3 Å². The van der Waals surface area contributed by atoms with Gasteiger partial charge >= 0.3 is 0 Å². The van der Waals surface area contributed by atoms with E-state index in [9.17, 15) is 9.59 Å². The van der Waals surface area contributed by atoms with Crippen LogP contribution in [0.2, 0.25) is 0 Å². The van der Waals surface area contributed by atoms with E-state index in [2.05, 4.69) is 0 Å². The summed E-state index contributed by atoms with van der Waals surface area (Å²) in [6, 6.07) is 13.5. The number of nitrogens with zero attached hydrogens (tertiary/aromatic N) is 2. The van der Waals surface area contributed by atoms with Gasteiger partial charge < -0.3 is 15.5 Å². The van der Waals surface area contributed by atoms with E-state index >= 15 is 0 Å². The van der Waals surface area contributed by atoms with E-state index in [0.717, 1.165) is 16.3 Å². The second-order valence-electron chi connectivity index (χ2n) is 6.88. The fourth-order valence-electron chi connectivity index (χ4n) is 3.84. The molecule has 5 nitrogen and oxygen atoms in total. The smallest absolute Gasteiger partial charge is 0.245 e. The first-order valence-corrected chi connectivity index (χ1v) is 9.35. The molecule has 0 unspecified atom stereocenters. The van der Waals surface area contributed by atoms with Crippen LogP contribution in [0, 0.1) is 0 Å². The van der Waals surface area contributed by atoms with Crippen molar-refractivity contribution in [1.29, 1.82) is 0 Å². The molecule has 2 amide bonds. The van der Waals surface area contributed by atoms with Crippen molar-refractivity contribution in [3.63, 3.8) is 0 Å². The van der Waals surface area contributed by atoms with Crippen molar-refractivity contribution >= 4 is 22.6 Å². The summed E-state index contributed by atoms with van der Waals surface area (Å²) < 4.78 is 0. The Morgan fingerprint density at radius 2 is 1.81 bits per heavy atom. The molecular formula is C21H27N3O2. The van der Waals surface area contributed by atoms with Crippen LogP contribution in [0.15, 0.2) is 42.5 Å². The number of amides is 2. The minimum absolute atomic E-state index is 0.00854. The second-order valence-corrected chi connectivity index (χ2v) is 6.88. The molecule has 5 heteroatoms. The van der Waals surface area contributed by atoms with Crippen molar-refractivity contribution in [3.05, 3.63) is 48.0 Å². The summed E-state index contributed by atoms with van der Waals surface area (Å²) in [7, 11) is 0. The molecular weight excluding hydrogens is 326 g/mol. The van der Waals surface area contributed by atoms with Gasteiger partial charge in [-0.25, -0.2) is 0 Å². The van der Waals surface area contributed by atoms with Crippen LogP contribution >= 0.6 is 0 Å². The van der Waals surface area contributed by atoms with Crippen LogP contribution in [0.25, 0.3) is 10.8 Å². The molecule has 0 aliphatic carbocycles. The average molecular weight is 353 g/mol. The Balaban J connectivity index is 1.82. The van der Waals surface area contributed by atoms with E-state index in [0.29, 0.717) is 26.1 Å². The molecule has 1 saturated heterocycles. The normalized spacial score (nSPS) is 19.7. The number of likely N-dealkylation sites (N-methyl/N-ethyl adjacent to an activating group) is 1. The first kappa shape index (κ1) is 18.4. The summed E-state index contributed by atoms with van der Waals surface area (Å²) in [5, 5.41) is 2.20. The van der Waals surface area contributed by atoms with Gasteiger partial charge in [-0.1, -0.05) is 42.5 Å². The van der Waals surface area contributed by atoms with Gasteiger partial charge in [0, 0.05) is 25.7 Å². The predicted octanol–water partition coefficient (Wildman–Crippen LogP) is 2.18. The zero-order valence-electron chi connectivity index (χ0n) is 15.5. The summed E-state index contributed by atoms with van der Waals surface area (Å²) >= 11 is 0. The highest BCUT2D eigenvalue weighted by atomic mass is 16.2. The Kier molecular flexibility index (Phi) is 5.57. The van der Waals surface area contributed by atoms with E-state index < -0.39 is 6.04 Å². The molecule has 3 rings (SSSR count). The summed E-state index contributed by atoms with van der Waals surface area (Å²) in [4.78, 5) is 29.3. The van der Waals surface area contributed by atoms with Gasteiger partial charge in [-0.05, 0) is 36.6 Å². The van der Waals surface area contributed by atoms with E-state index in [4.69, 9.17) is 5.73 Å². The van der Waals surface area contributed by atoms with Crippen molar-refractivity contribution in [2.45, 2.75) is 38.8 Å².